The highest BCUT2D eigenvalue weighted by Gasteiger charge is 2.55. The number of imidazole rings is 1. The Balaban J connectivity index is 1.49. The molecule has 0 unspecified atom stereocenters. The molecule has 34 heavy (non-hydrogen) atoms. The van der Waals surface area contributed by atoms with Crippen LogP contribution in [0.3, 0.4) is 0 Å². The first-order valence-corrected chi connectivity index (χ1v) is 12.9. The Labute approximate surface area is 205 Å². The summed E-state index contributed by atoms with van der Waals surface area (Å²) in [6.45, 7) is 17.6. The molecule has 2 fully saturated rings. The van der Waals surface area contributed by atoms with Gasteiger partial charge in [-0.2, -0.15) is 0 Å². The second-order valence-electron chi connectivity index (χ2n) is 11.7. The average Bonchev–Trinajstić information content (AvgIpc) is 3.12. The lowest BCUT2D eigenvalue weighted by atomic mass is 9.44. The van der Waals surface area contributed by atoms with Crippen molar-refractivity contribution in [1.29, 1.82) is 0 Å². The molecule has 2 aromatic heterocycles. The molecule has 0 radical (unpaired) electrons. The van der Waals surface area contributed by atoms with Gasteiger partial charge in [-0.3, -0.25) is 4.57 Å². The molecule has 2 aromatic rings. The first kappa shape index (κ1) is 24.9. The summed E-state index contributed by atoms with van der Waals surface area (Å²) in [6, 6.07) is 0. The van der Waals surface area contributed by atoms with E-state index in [0.717, 1.165) is 36.0 Å². The molecule has 0 aromatic carbocycles. The van der Waals surface area contributed by atoms with Gasteiger partial charge in [0, 0.05) is 12.9 Å². The molecule has 2 heterocycles. The van der Waals surface area contributed by atoms with Gasteiger partial charge in [-0.05, 0) is 74.0 Å². The maximum absolute atomic E-state index is 5.01. The molecule has 0 amide bonds. The number of rotatable bonds is 7. The van der Waals surface area contributed by atoms with E-state index in [0.29, 0.717) is 22.6 Å². The third-order valence-electron chi connectivity index (χ3n) is 9.43. The van der Waals surface area contributed by atoms with Crippen LogP contribution in [0, 0.1) is 28.6 Å². The minimum atomic E-state index is 0.357. The summed E-state index contributed by atoms with van der Waals surface area (Å²) in [7, 11) is 3.55. The van der Waals surface area contributed by atoms with Crippen molar-refractivity contribution in [3.8, 4) is 0 Å². The number of nitrogens with zero attached hydrogens (tertiary/aromatic N) is 5. The Morgan fingerprint density at radius 3 is 2.82 bits per heavy atom. The van der Waals surface area contributed by atoms with E-state index < -0.39 is 0 Å². The summed E-state index contributed by atoms with van der Waals surface area (Å²) in [5.74, 6) is 2.72. The zero-order valence-electron chi connectivity index (χ0n) is 22.3. The summed E-state index contributed by atoms with van der Waals surface area (Å²) in [5.41, 5.74) is 9.55. The molecule has 0 aliphatic heterocycles. The second-order valence-corrected chi connectivity index (χ2v) is 11.7. The third kappa shape index (κ3) is 4.30. The van der Waals surface area contributed by atoms with E-state index in [1.54, 1.807) is 7.11 Å². The number of aromatic nitrogens is 4. The smallest absolute Gasteiger partial charge is 0.300 e. The van der Waals surface area contributed by atoms with Gasteiger partial charge >= 0.3 is 5.65 Å². The van der Waals surface area contributed by atoms with Crippen LogP contribution < -0.4 is 4.57 Å². The van der Waals surface area contributed by atoms with Crippen LogP contribution in [0.15, 0.2) is 36.5 Å². The minimum Gasteiger partial charge on any atom is -0.407 e. The monoisotopic (exact) mass is 465 g/mol. The molecule has 0 bridgehead atoms. The van der Waals surface area contributed by atoms with E-state index in [9.17, 15) is 0 Å². The predicted molar refractivity (Wildman–Crippen MR) is 137 cm³/mol. The maximum Gasteiger partial charge on any atom is 0.300 e. The zero-order chi connectivity index (χ0) is 24.7. The summed E-state index contributed by atoms with van der Waals surface area (Å²) >= 11 is 0. The Morgan fingerprint density at radius 1 is 1.32 bits per heavy atom. The molecule has 2 aliphatic carbocycles. The molecule has 0 N–H and O–H groups in total. The van der Waals surface area contributed by atoms with Crippen molar-refractivity contribution in [3.63, 3.8) is 0 Å². The lowest BCUT2D eigenvalue weighted by Crippen LogP contribution is -2.53. The van der Waals surface area contributed by atoms with Crippen LogP contribution in [0.4, 0.5) is 5.82 Å². The molecule has 0 saturated heterocycles. The van der Waals surface area contributed by atoms with Gasteiger partial charge < -0.3 is 15.3 Å². The first-order chi connectivity index (χ1) is 16.1. The van der Waals surface area contributed by atoms with Crippen molar-refractivity contribution in [2.45, 2.75) is 79.7 Å². The minimum absolute atomic E-state index is 0.357. The average molecular weight is 466 g/mol. The van der Waals surface area contributed by atoms with Crippen molar-refractivity contribution in [2.24, 2.45) is 35.6 Å². The highest BCUT2D eigenvalue weighted by atomic mass is 16.6. The van der Waals surface area contributed by atoms with Crippen LogP contribution in [0.2, 0.25) is 0 Å². The van der Waals surface area contributed by atoms with Crippen LogP contribution >= 0.6 is 0 Å². The fourth-order valence-corrected chi connectivity index (χ4v) is 7.20. The number of hydrogen-bond acceptors (Lipinski definition) is 3. The van der Waals surface area contributed by atoms with E-state index in [-0.39, 0.29) is 0 Å². The second kappa shape index (κ2) is 9.44. The summed E-state index contributed by atoms with van der Waals surface area (Å²) < 4.78 is 4.17. The molecule has 6 nitrogen and oxygen atoms in total. The van der Waals surface area contributed by atoms with Crippen molar-refractivity contribution < 1.29 is 9.40 Å². The number of allylic oxidation sites excluding steroid dienone is 3. The zero-order valence-corrected chi connectivity index (χ0v) is 22.3. The van der Waals surface area contributed by atoms with Gasteiger partial charge in [0.25, 0.3) is 0 Å². The van der Waals surface area contributed by atoms with E-state index in [4.69, 9.17) is 4.84 Å². The van der Waals surface area contributed by atoms with Crippen LogP contribution in [0.1, 0.15) is 73.1 Å². The normalized spacial score (nSPS) is 29.3. The van der Waals surface area contributed by atoms with Crippen molar-refractivity contribution in [2.75, 3.05) is 7.11 Å². The fraction of sp³-hybridized carbons (Fsp3) is 0.679. The van der Waals surface area contributed by atoms with Crippen molar-refractivity contribution in [3.05, 3.63) is 41.9 Å². The van der Waals surface area contributed by atoms with E-state index in [1.807, 2.05) is 11.6 Å². The molecule has 2 saturated carbocycles. The Bertz CT molecular complexity index is 1080. The fourth-order valence-electron chi connectivity index (χ4n) is 7.20. The van der Waals surface area contributed by atoms with Gasteiger partial charge in [0.1, 0.15) is 0 Å². The Hall–Kier alpha value is -2.21. The van der Waals surface area contributed by atoms with E-state index in [1.165, 1.54) is 49.6 Å². The number of aryl methyl sites for hydroxylation is 1. The molecule has 2 aliphatic rings. The highest BCUT2D eigenvalue weighted by Crippen LogP contribution is 2.63. The SMILES string of the molecule is C=C1CC[C@H]2C(C)(C)CC[C@@H](CC/C(C)=C/Cn3c[n+](C)c4ncnc([N-]OC)c43)[C@]2(C)[C@H]1C. The lowest BCUT2D eigenvalue weighted by molar-refractivity contribution is -0.647. The van der Waals surface area contributed by atoms with Crippen LogP contribution in [-0.2, 0) is 18.4 Å². The number of hydrogen-bond donors (Lipinski definition) is 0. The summed E-state index contributed by atoms with van der Waals surface area (Å²) in [5, 5.41) is 0. The standard InChI is InChI=1S/C28H43N5O/c1-19(14-16-33-18-32(7)26-24(33)25(31-34-8)29-17-30-26)9-11-22-13-15-27(4,5)23-12-10-20(2)21(3)28(22,23)6/h14,17-18,21-23H,2,9-13,15-16H2,1,3-8H3/b19-14+/t21-,22+,23-,28-/m0/s1. The first-order valence-electron chi connectivity index (χ1n) is 12.9. The van der Waals surface area contributed by atoms with Crippen LogP contribution in [0.25, 0.3) is 16.6 Å². The summed E-state index contributed by atoms with van der Waals surface area (Å²) in [6.07, 6.45) is 13.5. The van der Waals surface area contributed by atoms with Crippen molar-refractivity contribution in [1.82, 2.24) is 14.5 Å². The van der Waals surface area contributed by atoms with Gasteiger partial charge in [-0.15, -0.1) is 4.98 Å². The van der Waals surface area contributed by atoms with Gasteiger partial charge in [0.15, 0.2) is 11.8 Å². The molecular formula is C28H43N5O. The summed E-state index contributed by atoms with van der Waals surface area (Å²) in [4.78, 5) is 13.7. The molecule has 0 spiro atoms. The van der Waals surface area contributed by atoms with E-state index >= 15 is 0 Å². The largest absolute Gasteiger partial charge is 0.407 e. The molecule has 186 valence electrons. The van der Waals surface area contributed by atoms with Crippen LogP contribution in [0.5, 0.6) is 0 Å². The molecular weight excluding hydrogens is 422 g/mol. The molecule has 4 atom stereocenters. The Kier molecular flexibility index (Phi) is 6.92. The topological polar surface area (TPSA) is 57.9 Å². The van der Waals surface area contributed by atoms with Gasteiger partial charge in [-0.1, -0.05) is 51.5 Å². The molecule has 6 heteroatoms. The van der Waals surface area contributed by atoms with Gasteiger partial charge in [-0.25, -0.2) is 4.57 Å². The van der Waals surface area contributed by atoms with E-state index in [2.05, 4.69) is 73.6 Å². The third-order valence-corrected chi connectivity index (χ3v) is 9.43. The van der Waals surface area contributed by atoms with Gasteiger partial charge in [0.05, 0.1) is 19.9 Å². The van der Waals surface area contributed by atoms with Gasteiger partial charge in [0.2, 0.25) is 0 Å². The maximum atomic E-state index is 5.01. The van der Waals surface area contributed by atoms with Crippen LogP contribution in [-0.4, -0.2) is 21.6 Å². The molecule has 4 rings (SSSR count). The van der Waals surface area contributed by atoms with Crippen molar-refractivity contribution >= 4 is 17.0 Å². The predicted octanol–water partition coefficient (Wildman–Crippen LogP) is 6.59. The Morgan fingerprint density at radius 2 is 2.09 bits per heavy atom. The highest BCUT2D eigenvalue weighted by molar-refractivity contribution is 5.81. The number of fused-ring (bicyclic) bond motifs is 2. The lowest BCUT2D eigenvalue weighted by Gasteiger charge is -2.61. The quantitative estimate of drug-likeness (QED) is 0.263.